The van der Waals surface area contributed by atoms with Crippen molar-refractivity contribution in [2.75, 3.05) is 6.61 Å². The molecule has 0 spiro atoms. The quantitative estimate of drug-likeness (QED) is 0.648. The average molecular weight is 208 g/mol. The highest BCUT2D eigenvalue weighted by Crippen LogP contribution is 2.15. The van der Waals surface area contributed by atoms with E-state index in [1.54, 1.807) is 0 Å². The van der Waals surface area contributed by atoms with Crippen molar-refractivity contribution in [2.24, 2.45) is 0 Å². The molecule has 0 aliphatic carbocycles. The van der Waals surface area contributed by atoms with Gasteiger partial charge in [0, 0.05) is 0 Å². The van der Waals surface area contributed by atoms with Gasteiger partial charge in [-0.3, -0.25) is 0 Å². The molecule has 2 aromatic carbocycles. The van der Waals surface area contributed by atoms with E-state index in [-0.39, 0.29) is 0 Å². The van der Waals surface area contributed by atoms with E-state index in [4.69, 9.17) is 4.74 Å². The molecular formula is C14H13BO. The molecule has 0 radical (unpaired) electrons. The minimum Gasteiger partial charge on any atom is -0.495 e. The van der Waals surface area contributed by atoms with E-state index in [9.17, 15) is 0 Å². The van der Waals surface area contributed by atoms with Crippen molar-refractivity contribution in [3.63, 3.8) is 0 Å². The van der Waals surface area contributed by atoms with Crippen molar-refractivity contribution in [3.05, 3.63) is 54.6 Å². The fourth-order valence-electron chi connectivity index (χ4n) is 2.37. The van der Waals surface area contributed by atoms with Crippen LogP contribution in [-0.4, -0.2) is 13.3 Å². The highest BCUT2D eigenvalue weighted by molar-refractivity contribution is 6.86. The molecule has 1 aliphatic rings. The van der Waals surface area contributed by atoms with Crippen molar-refractivity contribution >= 4 is 17.6 Å². The molecule has 3 rings (SSSR count). The maximum Gasteiger partial charge on any atom is 0.217 e. The number of rotatable bonds is 1. The summed E-state index contributed by atoms with van der Waals surface area (Å²) in [5.41, 5.74) is 2.71. The zero-order valence-corrected chi connectivity index (χ0v) is 9.10. The van der Waals surface area contributed by atoms with Gasteiger partial charge in [-0.1, -0.05) is 54.0 Å². The van der Waals surface area contributed by atoms with Gasteiger partial charge in [0.25, 0.3) is 0 Å². The Hall–Kier alpha value is -1.70. The standard InChI is InChI=1S/C14H13BO/c1-2-6-12(7-3-1)15-10-11-16-14-9-5-4-8-13(14)15/h1-9H,10-11H2. The summed E-state index contributed by atoms with van der Waals surface area (Å²) >= 11 is 0. The molecule has 78 valence electrons. The number of para-hydroxylation sites is 1. The lowest BCUT2D eigenvalue weighted by atomic mass is 9.38. The van der Waals surface area contributed by atoms with Crippen LogP contribution in [0, 0.1) is 0 Å². The van der Waals surface area contributed by atoms with Gasteiger partial charge in [0.1, 0.15) is 5.75 Å². The lowest BCUT2D eigenvalue weighted by Gasteiger charge is -2.23. The van der Waals surface area contributed by atoms with Crippen LogP contribution in [0.5, 0.6) is 5.75 Å². The molecule has 0 saturated heterocycles. The van der Waals surface area contributed by atoms with Gasteiger partial charge in [0.15, 0.2) is 0 Å². The van der Waals surface area contributed by atoms with E-state index >= 15 is 0 Å². The van der Waals surface area contributed by atoms with Crippen LogP contribution in [0.25, 0.3) is 0 Å². The minimum atomic E-state index is 0.492. The average Bonchev–Trinajstić information content (AvgIpc) is 2.39. The monoisotopic (exact) mass is 208 g/mol. The van der Waals surface area contributed by atoms with Crippen LogP contribution >= 0.6 is 0 Å². The van der Waals surface area contributed by atoms with Crippen LogP contribution in [0.15, 0.2) is 54.6 Å². The molecule has 0 fully saturated rings. The van der Waals surface area contributed by atoms with Gasteiger partial charge < -0.3 is 4.74 Å². The van der Waals surface area contributed by atoms with Crippen molar-refractivity contribution in [1.29, 1.82) is 0 Å². The van der Waals surface area contributed by atoms with E-state index in [0.29, 0.717) is 6.71 Å². The molecule has 0 unspecified atom stereocenters. The Morgan fingerprint density at radius 2 is 1.62 bits per heavy atom. The second-order valence-corrected chi connectivity index (χ2v) is 4.14. The molecule has 1 aliphatic heterocycles. The summed E-state index contributed by atoms with van der Waals surface area (Å²) in [6, 6.07) is 19.0. The first-order valence-corrected chi connectivity index (χ1v) is 5.72. The Balaban J connectivity index is 2.05. The summed E-state index contributed by atoms with van der Waals surface area (Å²) in [5, 5.41) is 0. The Kier molecular flexibility index (Phi) is 2.41. The van der Waals surface area contributed by atoms with Gasteiger partial charge in [0.2, 0.25) is 6.71 Å². The minimum absolute atomic E-state index is 0.492. The molecule has 1 heterocycles. The second kappa shape index (κ2) is 4.05. The number of benzene rings is 2. The van der Waals surface area contributed by atoms with Crippen LogP contribution < -0.4 is 15.7 Å². The molecule has 0 N–H and O–H groups in total. The first-order chi connectivity index (χ1) is 7.95. The van der Waals surface area contributed by atoms with Crippen molar-refractivity contribution < 1.29 is 4.74 Å². The number of fused-ring (bicyclic) bond motifs is 1. The van der Waals surface area contributed by atoms with Gasteiger partial charge in [-0.05, 0) is 17.8 Å². The first-order valence-electron chi connectivity index (χ1n) is 5.72. The third-order valence-corrected chi connectivity index (χ3v) is 3.16. The zero-order valence-electron chi connectivity index (χ0n) is 9.10. The molecule has 0 aromatic heterocycles. The van der Waals surface area contributed by atoms with E-state index < -0.39 is 0 Å². The molecule has 2 heteroatoms. The molecule has 16 heavy (non-hydrogen) atoms. The van der Waals surface area contributed by atoms with E-state index in [1.165, 1.54) is 10.9 Å². The van der Waals surface area contributed by atoms with Crippen LogP contribution in [0.1, 0.15) is 0 Å². The summed E-state index contributed by atoms with van der Waals surface area (Å²) in [4.78, 5) is 0. The van der Waals surface area contributed by atoms with Gasteiger partial charge in [-0.2, -0.15) is 0 Å². The van der Waals surface area contributed by atoms with Crippen LogP contribution in [0.3, 0.4) is 0 Å². The third kappa shape index (κ3) is 1.60. The molecule has 1 nitrogen and oxygen atoms in total. The molecular weight excluding hydrogens is 195 g/mol. The highest BCUT2D eigenvalue weighted by atomic mass is 16.5. The van der Waals surface area contributed by atoms with Crippen LogP contribution in [0.2, 0.25) is 6.32 Å². The fourth-order valence-corrected chi connectivity index (χ4v) is 2.37. The lowest BCUT2D eigenvalue weighted by molar-refractivity contribution is 0.337. The molecule has 0 saturated carbocycles. The molecule has 0 bridgehead atoms. The van der Waals surface area contributed by atoms with Crippen LogP contribution in [-0.2, 0) is 0 Å². The smallest absolute Gasteiger partial charge is 0.217 e. The maximum absolute atomic E-state index is 5.68. The van der Waals surface area contributed by atoms with E-state index in [0.717, 1.165) is 18.7 Å². The van der Waals surface area contributed by atoms with Gasteiger partial charge in [-0.25, -0.2) is 0 Å². The number of hydrogen-bond acceptors (Lipinski definition) is 1. The summed E-state index contributed by atoms with van der Waals surface area (Å²) in [7, 11) is 0. The number of ether oxygens (including phenoxy) is 1. The highest BCUT2D eigenvalue weighted by Gasteiger charge is 2.25. The SMILES string of the molecule is c1ccc(B2CCOc3ccccc32)cc1. The Morgan fingerprint density at radius 3 is 2.50 bits per heavy atom. The van der Waals surface area contributed by atoms with Crippen molar-refractivity contribution in [3.8, 4) is 5.75 Å². The topological polar surface area (TPSA) is 9.23 Å². The Labute approximate surface area is 96.1 Å². The van der Waals surface area contributed by atoms with Crippen molar-refractivity contribution in [1.82, 2.24) is 0 Å². The van der Waals surface area contributed by atoms with E-state index in [2.05, 4.69) is 48.5 Å². The normalized spacial score (nSPS) is 14.1. The lowest BCUT2D eigenvalue weighted by Crippen LogP contribution is -2.46. The number of hydrogen-bond donors (Lipinski definition) is 0. The van der Waals surface area contributed by atoms with E-state index in [1.807, 2.05) is 6.07 Å². The molecule has 2 aromatic rings. The fraction of sp³-hybridized carbons (Fsp3) is 0.143. The summed E-state index contributed by atoms with van der Waals surface area (Å²) in [6.45, 7) is 1.31. The predicted molar refractivity (Wildman–Crippen MR) is 68.2 cm³/mol. The summed E-state index contributed by atoms with van der Waals surface area (Å²) in [5.74, 6) is 1.04. The van der Waals surface area contributed by atoms with Gasteiger partial charge >= 0.3 is 0 Å². The van der Waals surface area contributed by atoms with Crippen LogP contribution in [0.4, 0.5) is 0 Å². The largest absolute Gasteiger partial charge is 0.495 e. The zero-order chi connectivity index (χ0) is 10.8. The second-order valence-electron chi connectivity index (χ2n) is 4.14. The summed E-state index contributed by atoms with van der Waals surface area (Å²) in [6.07, 6.45) is 1.07. The first kappa shape index (κ1) is 9.53. The predicted octanol–water partition coefficient (Wildman–Crippen LogP) is 1.69. The Morgan fingerprint density at radius 1 is 0.875 bits per heavy atom. The van der Waals surface area contributed by atoms with Gasteiger partial charge in [0.05, 0.1) is 6.61 Å². The van der Waals surface area contributed by atoms with Crippen molar-refractivity contribution in [2.45, 2.75) is 6.32 Å². The van der Waals surface area contributed by atoms with Gasteiger partial charge in [-0.15, -0.1) is 0 Å². The summed E-state index contributed by atoms with van der Waals surface area (Å²) < 4.78 is 5.68. The molecule has 0 amide bonds. The maximum atomic E-state index is 5.68. The Bertz CT molecular complexity index is 481. The molecule has 0 atom stereocenters. The third-order valence-electron chi connectivity index (χ3n) is 3.16.